The van der Waals surface area contributed by atoms with E-state index < -0.39 is 0 Å². The largest absolute Gasteiger partial charge is 0.310 e. The predicted molar refractivity (Wildman–Crippen MR) is 81.9 cm³/mol. The molecular weight excluding hydrogens is 294 g/mol. The zero-order chi connectivity index (χ0) is 12.7. The first-order valence-corrected chi connectivity index (χ1v) is 8.12. The van der Waals surface area contributed by atoms with Crippen LogP contribution in [0, 0.1) is 0 Å². The van der Waals surface area contributed by atoms with E-state index in [9.17, 15) is 0 Å². The molecule has 0 amide bonds. The molecule has 0 saturated heterocycles. The van der Waals surface area contributed by atoms with Gasteiger partial charge < -0.3 is 5.32 Å². The minimum absolute atomic E-state index is 0.418. The van der Waals surface area contributed by atoms with E-state index in [4.69, 9.17) is 0 Å². The SMILES string of the molecule is CCCCSc1ccc(Br)cc1C(C)NCC. The first kappa shape index (κ1) is 15.1. The van der Waals surface area contributed by atoms with E-state index in [2.05, 4.69) is 60.2 Å². The van der Waals surface area contributed by atoms with Crippen LogP contribution in [0.15, 0.2) is 27.6 Å². The third-order valence-corrected chi connectivity index (χ3v) is 4.37. The second-order valence-electron chi connectivity index (χ2n) is 4.16. The molecule has 1 aromatic rings. The molecule has 0 aromatic heterocycles. The molecule has 0 aliphatic heterocycles. The lowest BCUT2D eigenvalue weighted by Gasteiger charge is -2.17. The Bertz CT molecular complexity index is 341. The number of halogens is 1. The number of hydrogen-bond acceptors (Lipinski definition) is 2. The summed E-state index contributed by atoms with van der Waals surface area (Å²) in [6.07, 6.45) is 2.55. The molecule has 0 radical (unpaired) electrons. The van der Waals surface area contributed by atoms with Crippen molar-refractivity contribution in [2.45, 2.75) is 44.6 Å². The van der Waals surface area contributed by atoms with Gasteiger partial charge >= 0.3 is 0 Å². The van der Waals surface area contributed by atoms with Gasteiger partial charge in [0.25, 0.3) is 0 Å². The average molecular weight is 316 g/mol. The number of benzene rings is 1. The number of rotatable bonds is 7. The molecule has 0 bridgehead atoms. The smallest absolute Gasteiger partial charge is 0.0303 e. The van der Waals surface area contributed by atoms with Crippen LogP contribution in [0.2, 0.25) is 0 Å². The molecule has 96 valence electrons. The van der Waals surface area contributed by atoms with Crippen LogP contribution in [-0.2, 0) is 0 Å². The van der Waals surface area contributed by atoms with E-state index in [0.29, 0.717) is 6.04 Å². The minimum Gasteiger partial charge on any atom is -0.310 e. The number of nitrogens with one attached hydrogen (secondary N) is 1. The molecule has 1 unspecified atom stereocenters. The fourth-order valence-corrected chi connectivity index (χ4v) is 3.33. The summed E-state index contributed by atoms with van der Waals surface area (Å²) in [6, 6.07) is 7.02. The monoisotopic (exact) mass is 315 g/mol. The maximum Gasteiger partial charge on any atom is 0.0303 e. The van der Waals surface area contributed by atoms with Crippen molar-refractivity contribution in [3.8, 4) is 0 Å². The third-order valence-electron chi connectivity index (χ3n) is 2.70. The van der Waals surface area contributed by atoms with E-state index in [0.717, 1.165) is 11.0 Å². The van der Waals surface area contributed by atoms with Gasteiger partial charge in [-0.2, -0.15) is 0 Å². The summed E-state index contributed by atoms with van der Waals surface area (Å²) in [6.45, 7) is 7.63. The summed E-state index contributed by atoms with van der Waals surface area (Å²) in [5, 5.41) is 3.49. The molecule has 0 fully saturated rings. The van der Waals surface area contributed by atoms with E-state index in [1.165, 1.54) is 29.1 Å². The van der Waals surface area contributed by atoms with Crippen LogP contribution < -0.4 is 5.32 Å². The zero-order valence-electron chi connectivity index (χ0n) is 10.9. The second-order valence-corrected chi connectivity index (χ2v) is 6.22. The molecule has 0 spiro atoms. The molecule has 1 N–H and O–H groups in total. The van der Waals surface area contributed by atoms with E-state index >= 15 is 0 Å². The summed E-state index contributed by atoms with van der Waals surface area (Å²) in [7, 11) is 0. The van der Waals surface area contributed by atoms with Gasteiger partial charge in [0, 0.05) is 15.4 Å². The molecule has 1 rings (SSSR count). The molecule has 0 aliphatic rings. The van der Waals surface area contributed by atoms with Crippen molar-refractivity contribution in [3.05, 3.63) is 28.2 Å². The highest BCUT2D eigenvalue weighted by Crippen LogP contribution is 2.30. The van der Waals surface area contributed by atoms with Crippen molar-refractivity contribution < 1.29 is 0 Å². The van der Waals surface area contributed by atoms with Gasteiger partial charge in [0.05, 0.1) is 0 Å². The summed E-state index contributed by atoms with van der Waals surface area (Å²) in [4.78, 5) is 1.41. The van der Waals surface area contributed by atoms with Gasteiger partial charge in [-0.1, -0.05) is 36.2 Å². The number of unbranched alkanes of at least 4 members (excludes halogenated alkanes) is 1. The highest BCUT2D eigenvalue weighted by Gasteiger charge is 2.10. The molecule has 1 nitrogen and oxygen atoms in total. The van der Waals surface area contributed by atoms with Crippen LogP contribution >= 0.6 is 27.7 Å². The van der Waals surface area contributed by atoms with Gasteiger partial charge in [-0.3, -0.25) is 0 Å². The quantitative estimate of drug-likeness (QED) is 0.560. The van der Waals surface area contributed by atoms with Crippen LogP contribution in [0.1, 0.15) is 45.2 Å². The van der Waals surface area contributed by atoms with Gasteiger partial charge in [-0.05, 0) is 49.4 Å². The Morgan fingerprint density at radius 2 is 2.12 bits per heavy atom. The normalized spacial score (nSPS) is 12.7. The Morgan fingerprint density at radius 3 is 2.76 bits per heavy atom. The minimum atomic E-state index is 0.418. The Morgan fingerprint density at radius 1 is 1.35 bits per heavy atom. The number of thioether (sulfide) groups is 1. The maximum atomic E-state index is 3.56. The first-order valence-electron chi connectivity index (χ1n) is 6.34. The van der Waals surface area contributed by atoms with Crippen LogP contribution in [0.3, 0.4) is 0 Å². The van der Waals surface area contributed by atoms with Gasteiger partial charge in [-0.25, -0.2) is 0 Å². The van der Waals surface area contributed by atoms with Crippen molar-refractivity contribution in [1.29, 1.82) is 0 Å². The molecule has 0 saturated carbocycles. The molecule has 3 heteroatoms. The molecule has 0 heterocycles. The highest BCUT2D eigenvalue weighted by atomic mass is 79.9. The Balaban J connectivity index is 2.79. The molecule has 0 aliphatic carbocycles. The Labute approximate surface area is 118 Å². The standard InChI is InChI=1S/C14H22BrNS/c1-4-6-9-17-14-8-7-12(15)10-13(14)11(3)16-5-2/h7-8,10-11,16H,4-6,9H2,1-3H3. The van der Waals surface area contributed by atoms with Gasteiger partial charge in [0.15, 0.2) is 0 Å². The third kappa shape index (κ3) is 5.02. The van der Waals surface area contributed by atoms with Crippen LogP contribution in [-0.4, -0.2) is 12.3 Å². The lowest BCUT2D eigenvalue weighted by Crippen LogP contribution is -2.18. The second kappa shape index (κ2) is 8.17. The van der Waals surface area contributed by atoms with Crippen molar-refractivity contribution in [2.24, 2.45) is 0 Å². The lowest BCUT2D eigenvalue weighted by molar-refractivity contribution is 0.589. The fraction of sp³-hybridized carbons (Fsp3) is 0.571. The van der Waals surface area contributed by atoms with Crippen molar-refractivity contribution in [1.82, 2.24) is 5.32 Å². The summed E-state index contributed by atoms with van der Waals surface area (Å²) in [5.74, 6) is 1.21. The fourth-order valence-electron chi connectivity index (χ4n) is 1.73. The van der Waals surface area contributed by atoms with E-state index in [1.807, 2.05) is 11.8 Å². The molecular formula is C14H22BrNS. The Hall–Kier alpha value is 0.01000. The summed E-state index contributed by atoms with van der Waals surface area (Å²) < 4.78 is 1.16. The van der Waals surface area contributed by atoms with Gasteiger partial charge in [-0.15, -0.1) is 11.8 Å². The van der Waals surface area contributed by atoms with Crippen LogP contribution in [0.5, 0.6) is 0 Å². The maximum absolute atomic E-state index is 3.56. The molecule has 1 aromatic carbocycles. The average Bonchev–Trinajstić information content (AvgIpc) is 2.31. The van der Waals surface area contributed by atoms with Gasteiger partial charge in [0.2, 0.25) is 0 Å². The van der Waals surface area contributed by atoms with E-state index in [-0.39, 0.29) is 0 Å². The van der Waals surface area contributed by atoms with Crippen LogP contribution in [0.25, 0.3) is 0 Å². The van der Waals surface area contributed by atoms with Crippen molar-refractivity contribution in [2.75, 3.05) is 12.3 Å². The zero-order valence-corrected chi connectivity index (χ0v) is 13.3. The molecule has 17 heavy (non-hydrogen) atoms. The van der Waals surface area contributed by atoms with Crippen molar-refractivity contribution in [3.63, 3.8) is 0 Å². The highest BCUT2D eigenvalue weighted by molar-refractivity contribution is 9.10. The number of hydrogen-bond donors (Lipinski definition) is 1. The first-order chi connectivity index (χ1) is 8.19. The van der Waals surface area contributed by atoms with Crippen molar-refractivity contribution >= 4 is 27.7 Å². The summed E-state index contributed by atoms with van der Waals surface area (Å²) in [5.41, 5.74) is 1.40. The summed E-state index contributed by atoms with van der Waals surface area (Å²) >= 11 is 5.53. The van der Waals surface area contributed by atoms with Crippen LogP contribution in [0.4, 0.5) is 0 Å². The topological polar surface area (TPSA) is 12.0 Å². The Kier molecular flexibility index (Phi) is 7.24. The van der Waals surface area contributed by atoms with Gasteiger partial charge in [0.1, 0.15) is 0 Å². The van der Waals surface area contributed by atoms with E-state index in [1.54, 1.807) is 0 Å². The molecule has 1 atom stereocenters. The predicted octanol–water partition coefficient (Wildman–Crippen LogP) is 5.01. The lowest BCUT2D eigenvalue weighted by atomic mass is 10.1.